The molecule has 0 spiro atoms. The van der Waals surface area contributed by atoms with Gasteiger partial charge < -0.3 is 10.2 Å². The molecule has 0 saturated carbocycles. The first-order valence-electron chi connectivity index (χ1n) is 8.81. The molecule has 0 aromatic carbocycles. The number of fused-ring (bicyclic) bond motifs is 2. The number of nitrogens with zero attached hydrogens (tertiary/aromatic N) is 4. The maximum atomic E-state index is 12.4. The average Bonchev–Trinajstić information content (AvgIpc) is 2.84. The molecule has 6 heteroatoms. The second-order valence-electron chi connectivity index (χ2n) is 6.99. The Morgan fingerprint density at radius 2 is 2.17 bits per heavy atom. The van der Waals surface area contributed by atoms with E-state index in [9.17, 15) is 4.79 Å². The van der Waals surface area contributed by atoms with Gasteiger partial charge >= 0.3 is 0 Å². The van der Waals surface area contributed by atoms with Crippen molar-refractivity contribution in [3.63, 3.8) is 0 Å². The van der Waals surface area contributed by atoms with Crippen LogP contribution < -0.4 is 15.8 Å². The minimum Gasteiger partial charge on any atom is -0.368 e. The molecule has 4 rings (SSSR count). The number of aromatic nitrogens is 2. The summed E-state index contributed by atoms with van der Waals surface area (Å²) in [5.41, 5.74) is 1.80. The van der Waals surface area contributed by atoms with Crippen LogP contribution in [-0.2, 0) is 7.05 Å². The number of rotatable bonds is 1. The zero-order valence-electron chi connectivity index (χ0n) is 14.4. The Hall–Kier alpha value is -1.92. The van der Waals surface area contributed by atoms with Gasteiger partial charge in [-0.25, -0.2) is 4.98 Å². The van der Waals surface area contributed by atoms with Crippen molar-refractivity contribution in [2.75, 3.05) is 37.6 Å². The second kappa shape index (κ2) is 6.18. The third-order valence-corrected chi connectivity index (χ3v) is 5.46. The molecule has 1 N–H and O–H groups in total. The van der Waals surface area contributed by atoms with Gasteiger partial charge in [-0.2, -0.15) is 0 Å². The van der Waals surface area contributed by atoms with Crippen LogP contribution in [0.15, 0.2) is 29.2 Å². The highest BCUT2D eigenvalue weighted by Crippen LogP contribution is 2.28. The molecule has 128 valence electrons. The fraction of sp³-hybridized carbons (Fsp3) is 0.556. The van der Waals surface area contributed by atoms with Gasteiger partial charge in [-0.3, -0.25) is 14.3 Å². The molecule has 0 bridgehead atoms. The van der Waals surface area contributed by atoms with Crippen LogP contribution in [0.5, 0.6) is 0 Å². The van der Waals surface area contributed by atoms with Gasteiger partial charge in [0.1, 0.15) is 5.65 Å². The van der Waals surface area contributed by atoms with E-state index in [0.717, 1.165) is 55.9 Å². The number of nitrogens with one attached hydrogen (secondary N) is 1. The first-order chi connectivity index (χ1) is 11.6. The molecule has 6 nitrogen and oxygen atoms in total. The lowest BCUT2D eigenvalue weighted by atomic mass is 10.0. The SMILES string of the molecule is C[C@@H]1CN(c2cc(=O)n(C)c3ncccc23)C[C@@H]2CCNCCN21. The van der Waals surface area contributed by atoms with E-state index in [-0.39, 0.29) is 5.56 Å². The molecule has 0 aliphatic carbocycles. The Bertz CT molecular complexity index is 802. The van der Waals surface area contributed by atoms with Gasteiger partial charge in [0.2, 0.25) is 0 Å². The van der Waals surface area contributed by atoms with E-state index in [0.29, 0.717) is 12.1 Å². The van der Waals surface area contributed by atoms with Crippen molar-refractivity contribution in [3.8, 4) is 0 Å². The lowest BCUT2D eigenvalue weighted by molar-refractivity contribution is 0.129. The number of aryl methyl sites for hydroxylation is 1. The van der Waals surface area contributed by atoms with Crippen LogP contribution in [0, 0.1) is 0 Å². The molecular weight excluding hydrogens is 302 g/mol. The smallest absolute Gasteiger partial charge is 0.253 e. The zero-order valence-corrected chi connectivity index (χ0v) is 14.4. The summed E-state index contributed by atoms with van der Waals surface area (Å²) in [6, 6.07) is 6.83. The van der Waals surface area contributed by atoms with E-state index in [2.05, 4.69) is 33.1 Å². The van der Waals surface area contributed by atoms with Crippen LogP contribution in [0.2, 0.25) is 0 Å². The van der Waals surface area contributed by atoms with E-state index in [1.165, 1.54) is 0 Å². The summed E-state index contributed by atoms with van der Waals surface area (Å²) in [5.74, 6) is 0. The molecular formula is C18H25N5O. The Kier molecular flexibility index (Phi) is 4.02. The molecule has 0 radical (unpaired) electrons. The van der Waals surface area contributed by atoms with Crippen molar-refractivity contribution in [2.24, 2.45) is 7.05 Å². The molecule has 2 aromatic heterocycles. The number of piperazine rings is 1. The van der Waals surface area contributed by atoms with Gasteiger partial charge in [0.05, 0.1) is 5.69 Å². The highest BCUT2D eigenvalue weighted by Gasteiger charge is 2.33. The third-order valence-electron chi connectivity index (χ3n) is 5.46. The first-order valence-corrected chi connectivity index (χ1v) is 8.81. The monoisotopic (exact) mass is 327 g/mol. The van der Waals surface area contributed by atoms with Crippen molar-refractivity contribution in [2.45, 2.75) is 25.4 Å². The summed E-state index contributed by atoms with van der Waals surface area (Å²) in [6.07, 6.45) is 2.91. The van der Waals surface area contributed by atoms with Gasteiger partial charge in [0.25, 0.3) is 5.56 Å². The molecule has 2 atom stereocenters. The predicted octanol–water partition coefficient (Wildman–Crippen LogP) is 0.806. The minimum atomic E-state index is 0.00816. The average molecular weight is 327 g/mol. The van der Waals surface area contributed by atoms with E-state index >= 15 is 0 Å². The Labute approximate surface area is 142 Å². The summed E-state index contributed by atoms with van der Waals surface area (Å²) in [6.45, 7) is 7.47. The van der Waals surface area contributed by atoms with E-state index < -0.39 is 0 Å². The van der Waals surface area contributed by atoms with E-state index in [1.54, 1.807) is 23.9 Å². The molecule has 2 fully saturated rings. The molecule has 0 amide bonds. The normalized spacial score (nSPS) is 25.5. The minimum absolute atomic E-state index is 0.00816. The van der Waals surface area contributed by atoms with Crippen molar-refractivity contribution in [1.82, 2.24) is 19.8 Å². The summed E-state index contributed by atoms with van der Waals surface area (Å²) in [7, 11) is 1.79. The van der Waals surface area contributed by atoms with Crippen LogP contribution in [-0.4, -0.2) is 59.3 Å². The fourth-order valence-electron chi connectivity index (χ4n) is 4.20. The van der Waals surface area contributed by atoms with Crippen LogP contribution in [0.3, 0.4) is 0 Å². The molecule has 24 heavy (non-hydrogen) atoms. The molecule has 0 unspecified atom stereocenters. The zero-order chi connectivity index (χ0) is 16.7. The molecule has 4 heterocycles. The summed E-state index contributed by atoms with van der Waals surface area (Å²) in [4.78, 5) is 21.8. The van der Waals surface area contributed by atoms with Crippen LogP contribution in [0.4, 0.5) is 5.69 Å². The number of hydrogen-bond acceptors (Lipinski definition) is 5. The molecule has 2 aliphatic heterocycles. The molecule has 2 aliphatic rings. The second-order valence-corrected chi connectivity index (χ2v) is 6.99. The summed E-state index contributed by atoms with van der Waals surface area (Å²) >= 11 is 0. The van der Waals surface area contributed by atoms with Crippen LogP contribution in [0.1, 0.15) is 13.3 Å². The topological polar surface area (TPSA) is 53.4 Å². The predicted molar refractivity (Wildman–Crippen MR) is 96.6 cm³/mol. The Morgan fingerprint density at radius 1 is 1.29 bits per heavy atom. The first kappa shape index (κ1) is 15.6. The largest absolute Gasteiger partial charge is 0.368 e. The number of pyridine rings is 2. The van der Waals surface area contributed by atoms with E-state index in [1.807, 2.05) is 6.07 Å². The highest BCUT2D eigenvalue weighted by molar-refractivity contribution is 5.89. The maximum absolute atomic E-state index is 12.4. The summed E-state index contributed by atoms with van der Waals surface area (Å²) < 4.78 is 1.63. The van der Waals surface area contributed by atoms with Crippen molar-refractivity contribution in [3.05, 3.63) is 34.7 Å². The molecule has 2 saturated heterocycles. The van der Waals surface area contributed by atoms with Crippen molar-refractivity contribution >= 4 is 16.7 Å². The number of hydrogen-bond donors (Lipinski definition) is 1. The van der Waals surface area contributed by atoms with E-state index in [4.69, 9.17) is 0 Å². The Balaban J connectivity index is 1.75. The quantitative estimate of drug-likeness (QED) is 0.840. The fourth-order valence-corrected chi connectivity index (χ4v) is 4.20. The van der Waals surface area contributed by atoms with Gasteiger partial charge in [-0.05, 0) is 32.0 Å². The van der Waals surface area contributed by atoms with Gasteiger partial charge in [-0.15, -0.1) is 0 Å². The third kappa shape index (κ3) is 2.59. The highest BCUT2D eigenvalue weighted by atomic mass is 16.1. The molecule has 2 aromatic rings. The van der Waals surface area contributed by atoms with Crippen molar-refractivity contribution < 1.29 is 0 Å². The lowest BCUT2D eigenvalue weighted by Gasteiger charge is -2.46. The summed E-state index contributed by atoms with van der Waals surface area (Å²) in [5, 5.41) is 4.56. The maximum Gasteiger partial charge on any atom is 0.253 e. The van der Waals surface area contributed by atoms with Crippen LogP contribution in [0.25, 0.3) is 11.0 Å². The standard InChI is InChI=1S/C18H25N5O/c1-13-11-22(12-14-5-7-19-8-9-23(13)14)16-10-17(24)21(2)18-15(16)4-3-6-20-18/h3-4,6,10,13-14,19H,5,7-9,11-12H2,1-2H3/t13-,14+/m1/s1. The van der Waals surface area contributed by atoms with Crippen LogP contribution >= 0.6 is 0 Å². The van der Waals surface area contributed by atoms with Gasteiger partial charge in [0.15, 0.2) is 0 Å². The Morgan fingerprint density at radius 3 is 3.04 bits per heavy atom. The van der Waals surface area contributed by atoms with Gasteiger partial charge in [-0.1, -0.05) is 0 Å². The number of anilines is 1. The van der Waals surface area contributed by atoms with Gasteiger partial charge in [0, 0.05) is 63.0 Å². The van der Waals surface area contributed by atoms with Crippen molar-refractivity contribution in [1.29, 1.82) is 0 Å². The lowest BCUT2D eigenvalue weighted by Crippen LogP contribution is -2.58.